The van der Waals surface area contributed by atoms with Crippen molar-refractivity contribution >= 4 is 11.6 Å². The normalized spacial score (nSPS) is 14.6. The molecule has 1 aromatic rings. The SMILES string of the molecule is CCOC(C)CNC(C)Cc1ccc(Cl)cc1. The molecule has 3 heteroatoms. The van der Waals surface area contributed by atoms with Crippen LogP contribution in [0.5, 0.6) is 0 Å². The van der Waals surface area contributed by atoms with E-state index in [0.29, 0.717) is 6.04 Å². The highest BCUT2D eigenvalue weighted by molar-refractivity contribution is 6.30. The molecule has 0 saturated carbocycles. The van der Waals surface area contributed by atoms with Gasteiger partial charge in [0.2, 0.25) is 0 Å². The summed E-state index contributed by atoms with van der Waals surface area (Å²) in [4.78, 5) is 0. The van der Waals surface area contributed by atoms with Gasteiger partial charge in [-0.1, -0.05) is 23.7 Å². The molecule has 0 aliphatic rings. The van der Waals surface area contributed by atoms with Crippen LogP contribution in [0.4, 0.5) is 0 Å². The van der Waals surface area contributed by atoms with Gasteiger partial charge in [-0.25, -0.2) is 0 Å². The van der Waals surface area contributed by atoms with Gasteiger partial charge in [0.05, 0.1) is 6.10 Å². The highest BCUT2D eigenvalue weighted by atomic mass is 35.5. The van der Waals surface area contributed by atoms with Gasteiger partial charge in [-0.15, -0.1) is 0 Å². The molecule has 1 rings (SSSR count). The second-order valence-electron chi connectivity index (χ2n) is 4.41. The molecule has 1 aromatic carbocycles. The number of benzene rings is 1. The minimum absolute atomic E-state index is 0.271. The Balaban J connectivity index is 2.29. The number of halogens is 1. The maximum Gasteiger partial charge on any atom is 0.0671 e. The molecule has 0 saturated heterocycles. The van der Waals surface area contributed by atoms with Crippen LogP contribution in [0.25, 0.3) is 0 Å². The van der Waals surface area contributed by atoms with Crippen LogP contribution in [0.1, 0.15) is 26.3 Å². The smallest absolute Gasteiger partial charge is 0.0671 e. The van der Waals surface area contributed by atoms with E-state index in [0.717, 1.165) is 24.6 Å². The molecule has 0 spiro atoms. The zero-order valence-corrected chi connectivity index (χ0v) is 11.6. The largest absolute Gasteiger partial charge is 0.377 e. The standard InChI is InChI=1S/C14H22ClNO/c1-4-17-12(3)10-16-11(2)9-13-5-7-14(15)8-6-13/h5-8,11-12,16H,4,9-10H2,1-3H3. The molecule has 96 valence electrons. The van der Waals surface area contributed by atoms with E-state index in [2.05, 4.69) is 31.3 Å². The van der Waals surface area contributed by atoms with Gasteiger partial charge in [0, 0.05) is 24.2 Å². The van der Waals surface area contributed by atoms with Crippen LogP contribution in [0.3, 0.4) is 0 Å². The Morgan fingerprint density at radius 2 is 1.88 bits per heavy atom. The Morgan fingerprint density at radius 3 is 2.47 bits per heavy atom. The van der Waals surface area contributed by atoms with E-state index in [1.54, 1.807) is 0 Å². The third kappa shape index (κ3) is 6.06. The molecule has 0 aliphatic heterocycles. The fourth-order valence-electron chi connectivity index (χ4n) is 1.76. The minimum atomic E-state index is 0.271. The highest BCUT2D eigenvalue weighted by Gasteiger charge is 2.06. The van der Waals surface area contributed by atoms with Gasteiger partial charge < -0.3 is 10.1 Å². The maximum absolute atomic E-state index is 5.85. The van der Waals surface area contributed by atoms with Crippen molar-refractivity contribution < 1.29 is 4.74 Å². The van der Waals surface area contributed by atoms with Gasteiger partial charge in [-0.3, -0.25) is 0 Å². The Labute approximate surface area is 109 Å². The first-order valence-corrected chi connectivity index (χ1v) is 6.59. The van der Waals surface area contributed by atoms with E-state index in [1.165, 1.54) is 5.56 Å². The molecule has 0 bridgehead atoms. The molecule has 0 fully saturated rings. The summed E-state index contributed by atoms with van der Waals surface area (Å²) in [7, 11) is 0. The molecule has 2 nitrogen and oxygen atoms in total. The molecule has 0 radical (unpaired) electrons. The zero-order chi connectivity index (χ0) is 12.7. The van der Waals surface area contributed by atoms with E-state index < -0.39 is 0 Å². The average molecular weight is 256 g/mol. The summed E-state index contributed by atoms with van der Waals surface area (Å²) >= 11 is 5.85. The van der Waals surface area contributed by atoms with Gasteiger partial charge in [-0.05, 0) is 44.9 Å². The van der Waals surface area contributed by atoms with Crippen molar-refractivity contribution in [2.45, 2.75) is 39.3 Å². The van der Waals surface area contributed by atoms with E-state index in [4.69, 9.17) is 16.3 Å². The van der Waals surface area contributed by atoms with Crippen molar-refractivity contribution in [2.24, 2.45) is 0 Å². The summed E-state index contributed by atoms with van der Waals surface area (Å²) in [5.74, 6) is 0. The number of hydrogen-bond acceptors (Lipinski definition) is 2. The zero-order valence-electron chi connectivity index (χ0n) is 10.9. The third-order valence-corrected chi connectivity index (χ3v) is 2.91. The van der Waals surface area contributed by atoms with Gasteiger partial charge in [0.15, 0.2) is 0 Å². The van der Waals surface area contributed by atoms with Crippen LogP contribution < -0.4 is 5.32 Å². The molecule has 17 heavy (non-hydrogen) atoms. The molecule has 0 aromatic heterocycles. The quantitative estimate of drug-likeness (QED) is 0.807. The van der Waals surface area contributed by atoms with Crippen molar-refractivity contribution in [3.8, 4) is 0 Å². The third-order valence-electron chi connectivity index (χ3n) is 2.66. The Kier molecular flexibility index (Phi) is 6.56. The average Bonchev–Trinajstić information content (AvgIpc) is 2.30. The highest BCUT2D eigenvalue weighted by Crippen LogP contribution is 2.11. The number of hydrogen-bond donors (Lipinski definition) is 1. The van der Waals surface area contributed by atoms with Crippen LogP contribution >= 0.6 is 11.6 Å². The van der Waals surface area contributed by atoms with Crippen molar-refractivity contribution in [3.63, 3.8) is 0 Å². The lowest BCUT2D eigenvalue weighted by Crippen LogP contribution is -2.35. The van der Waals surface area contributed by atoms with Gasteiger partial charge in [-0.2, -0.15) is 0 Å². The molecule has 1 N–H and O–H groups in total. The first-order valence-electron chi connectivity index (χ1n) is 6.21. The topological polar surface area (TPSA) is 21.3 Å². The molecular formula is C14H22ClNO. The summed E-state index contributed by atoms with van der Waals surface area (Å²) in [6, 6.07) is 8.47. The lowest BCUT2D eigenvalue weighted by Gasteiger charge is -2.17. The van der Waals surface area contributed by atoms with E-state index in [1.807, 2.05) is 19.1 Å². The fourth-order valence-corrected chi connectivity index (χ4v) is 1.88. The summed E-state index contributed by atoms with van der Waals surface area (Å²) in [5.41, 5.74) is 1.30. The van der Waals surface area contributed by atoms with E-state index in [9.17, 15) is 0 Å². The first-order chi connectivity index (χ1) is 8.11. The number of rotatable bonds is 7. The second kappa shape index (κ2) is 7.70. The molecule has 2 unspecified atom stereocenters. The predicted octanol–water partition coefficient (Wildman–Crippen LogP) is 3.29. The molecule has 0 aliphatic carbocycles. The van der Waals surface area contributed by atoms with Gasteiger partial charge in [0.1, 0.15) is 0 Å². The van der Waals surface area contributed by atoms with Gasteiger partial charge in [0.25, 0.3) is 0 Å². The maximum atomic E-state index is 5.85. The second-order valence-corrected chi connectivity index (χ2v) is 4.84. The molecule has 0 amide bonds. The fraction of sp³-hybridized carbons (Fsp3) is 0.571. The van der Waals surface area contributed by atoms with Crippen LogP contribution in [-0.2, 0) is 11.2 Å². The monoisotopic (exact) mass is 255 g/mol. The minimum Gasteiger partial charge on any atom is -0.377 e. The predicted molar refractivity (Wildman–Crippen MR) is 73.7 cm³/mol. The number of ether oxygens (including phenoxy) is 1. The Bertz CT molecular complexity index is 313. The molecule has 2 atom stereocenters. The van der Waals surface area contributed by atoms with E-state index >= 15 is 0 Å². The number of nitrogens with one attached hydrogen (secondary N) is 1. The van der Waals surface area contributed by atoms with Gasteiger partial charge >= 0.3 is 0 Å². The molecule has 0 heterocycles. The summed E-state index contributed by atoms with van der Waals surface area (Å²) < 4.78 is 5.48. The van der Waals surface area contributed by atoms with Crippen molar-refractivity contribution in [2.75, 3.05) is 13.2 Å². The van der Waals surface area contributed by atoms with Crippen LogP contribution in [0, 0.1) is 0 Å². The summed E-state index contributed by atoms with van der Waals surface area (Å²) in [6.45, 7) is 7.96. The van der Waals surface area contributed by atoms with Crippen LogP contribution in [-0.4, -0.2) is 25.3 Å². The van der Waals surface area contributed by atoms with Crippen molar-refractivity contribution in [1.82, 2.24) is 5.32 Å². The summed E-state index contributed by atoms with van der Waals surface area (Å²) in [5, 5.41) is 4.26. The van der Waals surface area contributed by atoms with Crippen molar-refractivity contribution in [3.05, 3.63) is 34.9 Å². The lowest BCUT2D eigenvalue weighted by molar-refractivity contribution is 0.0743. The van der Waals surface area contributed by atoms with Crippen LogP contribution in [0.15, 0.2) is 24.3 Å². The van der Waals surface area contributed by atoms with Crippen LogP contribution in [0.2, 0.25) is 5.02 Å². The Morgan fingerprint density at radius 1 is 1.24 bits per heavy atom. The lowest BCUT2D eigenvalue weighted by atomic mass is 10.1. The summed E-state index contributed by atoms with van der Waals surface area (Å²) in [6.07, 6.45) is 1.28. The first kappa shape index (κ1) is 14.5. The van der Waals surface area contributed by atoms with E-state index in [-0.39, 0.29) is 6.10 Å². The Hall–Kier alpha value is -0.570. The molecular weight excluding hydrogens is 234 g/mol. The van der Waals surface area contributed by atoms with Crippen molar-refractivity contribution in [1.29, 1.82) is 0 Å².